The summed E-state index contributed by atoms with van der Waals surface area (Å²) >= 11 is 1.62. The van der Waals surface area contributed by atoms with Crippen molar-refractivity contribution in [2.45, 2.75) is 26.9 Å². The molecule has 1 N–H and O–H groups in total. The SMILES string of the molecule is Cc1nc(C)c(C2=CC(C)Oc3ccc(C(=O)O)cc32)s1. The molecule has 5 heteroatoms. The number of benzene rings is 1. The smallest absolute Gasteiger partial charge is 0.335 e. The van der Waals surface area contributed by atoms with Crippen LogP contribution in [0.1, 0.15) is 38.4 Å². The number of carboxylic acid groups (broad SMARTS) is 1. The van der Waals surface area contributed by atoms with E-state index in [1.165, 1.54) is 0 Å². The Balaban J connectivity index is 2.19. The van der Waals surface area contributed by atoms with E-state index in [1.54, 1.807) is 29.5 Å². The fourth-order valence-corrected chi connectivity index (χ4v) is 3.47. The molecular weight excluding hydrogens is 286 g/mol. The molecule has 0 aliphatic carbocycles. The van der Waals surface area contributed by atoms with Crippen LogP contribution in [0.2, 0.25) is 0 Å². The van der Waals surface area contributed by atoms with Gasteiger partial charge in [0.1, 0.15) is 11.9 Å². The maximum Gasteiger partial charge on any atom is 0.335 e. The second-order valence-electron chi connectivity index (χ2n) is 5.07. The molecule has 0 spiro atoms. The lowest BCUT2D eigenvalue weighted by atomic mass is 9.96. The predicted octanol–water partition coefficient (Wildman–Crippen LogP) is 3.67. The Morgan fingerprint density at radius 1 is 1.38 bits per heavy atom. The van der Waals surface area contributed by atoms with Crippen LogP contribution in [0.25, 0.3) is 5.57 Å². The molecule has 0 bridgehead atoms. The summed E-state index contributed by atoms with van der Waals surface area (Å²) < 4.78 is 5.78. The van der Waals surface area contributed by atoms with E-state index < -0.39 is 5.97 Å². The van der Waals surface area contributed by atoms with Gasteiger partial charge in [-0.05, 0) is 45.0 Å². The second kappa shape index (κ2) is 5.00. The highest BCUT2D eigenvalue weighted by atomic mass is 32.1. The van der Waals surface area contributed by atoms with E-state index in [9.17, 15) is 9.90 Å². The summed E-state index contributed by atoms with van der Waals surface area (Å²) in [5.41, 5.74) is 3.05. The number of ether oxygens (including phenoxy) is 1. The maximum absolute atomic E-state index is 11.2. The summed E-state index contributed by atoms with van der Waals surface area (Å²) in [5, 5.41) is 10.2. The van der Waals surface area contributed by atoms with Gasteiger partial charge in [-0.2, -0.15) is 0 Å². The number of nitrogens with zero attached hydrogens (tertiary/aromatic N) is 1. The summed E-state index contributed by atoms with van der Waals surface area (Å²) in [6.07, 6.45) is 1.97. The zero-order valence-electron chi connectivity index (χ0n) is 12.0. The van der Waals surface area contributed by atoms with Gasteiger partial charge in [-0.15, -0.1) is 11.3 Å². The van der Waals surface area contributed by atoms with Crippen molar-refractivity contribution >= 4 is 22.9 Å². The van der Waals surface area contributed by atoms with E-state index in [4.69, 9.17) is 4.74 Å². The molecule has 1 aliphatic heterocycles. The molecule has 3 rings (SSSR count). The van der Waals surface area contributed by atoms with E-state index in [1.807, 2.05) is 26.8 Å². The third kappa shape index (κ3) is 2.45. The fourth-order valence-electron chi connectivity index (χ4n) is 2.51. The van der Waals surface area contributed by atoms with Crippen LogP contribution in [-0.4, -0.2) is 22.2 Å². The van der Waals surface area contributed by atoms with Crippen LogP contribution in [0.5, 0.6) is 5.75 Å². The third-order valence-electron chi connectivity index (χ3n) is 3.38. The molecule has 1 atom stereocenters. The first-order valence-corrected chi connectivity index (χ1v) is 7.48. The fraction of sp³-hybridized carbons (Fsp3) is 0.250. The number of aromatic nitrogens is 1. The third-order valence-corrected chi connectivity index (χ3v) is 4.49. The molecule has 2 heterocycles. The first kappa shape index (κ1) is 13.8. The quantitative estimate of drug-likeness (QED) is 0.919. The summed E-state index contributed by atoms with van der Waals surface area (Å²) in [6, 6.07) is 4.97. The maximum atomic E-state index is 11.2. The molecule has 4 nitrogen and oxygen atoms in total. The largest absolute Gasteiger partial charge is 0.486 e. The molecule has 108 valence electrons. The highest BCUT2D eigenvalue weighted by Crippen LogP contribution is 2.39. The van der Waals surface area contributed by atoms with Crippen LogP contribution in [-0.2, 0) is 0 Å². The van der Waals surface area contributed by atoms with Gasteiger partial charge in [-0.1, -0.05) is 0 Å². The Morgan fingerprint density at radius 2 is 2.14 bits per heavy atom. The van der Waals surface area contributed by atoms with Crippen LogP contribution in [0.15, 0.2) is 24.3 Å². The summed E-state index contributed by atoms with van der Waals surface area (Å²) in [5.74, 6) is -0.219. The lowest BCUT2D eigenvalue weighted by Crippen LogP contribution is -2.15. The topological polar surface area (TPSA) is 59.4 Å². The Hall–Kier alpha value is -2.14. The number of hydrogen-bond donors (Lipinski definition) is 1. The molecule has 1 aliphatic rings. The van der Waals surface area contributed by atoms with Crippen molar-refractivity contribution in [2.24, 2.45) is 0 Å². The van der Waals surface area contributed by atoms with Crippen LogP contribution in [0.4, 0.5) is 0 Å². The predicted molar refractivity (Wildman–Crippen MR) is 82.2 cm³/mol. The minimum atomic E-state index is -0.937. The lowest BCUT2D eigenvalue weighted by molar-refractivity contribution is 0.0697. The normalized spacial score (nSPS) is 16.9. The first-order valence-electron chi connectivity index (χ1n) is 6.66. The molecular formula is C16H15NO3S. The van der Waals surface area contributed by atoms with Crippen molar-refractivity contribution < 1.29 is 14.6 Å². The summed E-state index contributed by atoms with van der Waals surface area (Å²) in [6.45, 7) is 5.91. The van der Waals surface area contributed by atoms with Gasteiger partial charge in [-0.3, -0.25) is 0 Å². The van der Waals surface area contributed by atoms with Crippen molar-refractivity contribution in [3.05, 3.63) is 51.0 Å². The molecule has 0 amide bonds. The zero-order valence-corrected chi connectivity index (χ0v) is 12.8. The van der Waals surface area contributed by atoms with Gasteiger partial charge in [0.15, 0.2) is 0 Å². The van der Waals surface area contributed by atoms with Gasteiger partial charge >= 0.3 is 5.97 Å². The van der Waals surface area contributed by atoms with Gasteiger partial charge < -0.3 is 9.84 Å². The van der Waals surface area contributed by atoms with Gasteiger partial charge in [-0.25, -0.2) is 9.78 Å². The number of thiazole rings is 1. The van der Waals surface area contributed by atoms with Gasteiger partial charge in [0.25, 0.3) is 0 Å². The number of hydrogen-bond acceptors (Lipinski definition) is 4. The average Bonchev–Trinajstić information content (AvgIpc) is 2.76. The van der Waals surface area contributed by atoms with Crippen molar-refractivity contribution in [1.29, 1.82) is 0 Å². The molecule has 0 fully saturated rings. The van der Waals surface area contributed by atoms with Crippen LogP contribution in [0, 0.1) is 13.8 Å². The standard InChI is InChI=1S/C16H15NO3S/c1-8-6-13(15-9(2)17-10(3)21-15)12-7-11(16(18)19)4-5-14(12)20-8/h4-8H,1-3H3,(H,18,19). The number of aryl methyl sites for hydroxylation is 2. The summed E-state index contributed by atoms with van der Waals surface area (Å²) in [7, 11) is 0. The van der Waals surface area contributed by atoms with E-state index in [2.05, 4.69) is 4.98 Å². The van der Waals surface area contributed by atoms with E-state index in [-0.39, 0.29) is 11.7 Å². The minimum Gasteiger partial charge on any atom is -0.486 e. The van der Waals surface area contributed by atoms with Gasteiger partial charge in [0, 0.05) is 11.1 Å². The van der Waals surface area contributed by atoms with E-state index in [0.29, 0.717) is 0 Å². The first-order chi connectivity index (χ1) is 9.95. The molecule has 0 saturated heterocycles. The monoisotopic (exact) mass is 301 g/mol. The molecule has 1 aromatic heterocycles. The van der Waals surface area contributed by atoms with Crippen molar-refractivity contribution in [2.75, 3.05) is 0 Å². The lowest BCUT2D eigenvalue weighted by Gasteiger charge is -2.23. The molecule has 0 saturated carbocycles. The Labute approximate surface area is 126 Å². The van der Waals surface area contributed by atoms with E-state index >= 15 is 0 Å². The molecule has 1 unspecified atom stereocenters. The van der Waals surface area contributed by atoms with Crippen molar-refractivity contribution in [3.8, 4) is 5.75 Å². The Bertz CT molecular complexity index is 761. The second-order valence-corrected chi connectivity index (χ2v) is 6.27. The number of fused-ring (bicyclic) bond motifs is 1. The van der Waals surface area contributed by atoms with Crippen LogP contribution >= 0.6 is 11.3 Å². The molecule has 21 heavy (non-hydrogen) atoms. The number of carboxylic acids is 1. The minimum absolute atomic E-state index is 0.0509. The van der Waals surface area contributed by atoms with E-state index in [0.717, 1.165) is 32.5 Å². The van der Waals surface area contributed by atoms with Gasteiger partial charge in [0.2, 0.25) is 0 Å². The number of aromatic carboxylic acids is 1. The van der Waals surface area contributed by atoms with Crippen molar-refractivity contribution in [3.63, 3.8) is 0 Å². The number of rotatable bonds is 2. The average molecular weight is 301 g/mol. The molecule has 2 aromatic rings. The van der Waals surface area contributed by atoms with Crippen molar-refractivity contribution in [1.82, 2.24) is 4.98 Å². The Morgan fingerprint density at radius 3 is 2.76 bits per heavy atom. The van der Waals surface area contributed by atoms with Crippen LogP contribution in [0.3, 0.4) is 0 Å². The molecule has 0 radical (unpaired) electrons. The summed E-state index contributed by atoms with van der Waals surface area (Å²) in [4.78, 5) is 16.7. The molecule has 1 aromatic carbocycles. The Kier molecular flexibility index (Phi) is 3.29. The zero-order chi connectivity index (χ0) is 15.1. The number of carbonyl (C=O) groups is 1. The highest BCUT2D eigenvalue weighted by Gasteiger charge is 2.23. The van der Waals surface area contributed by atoms with Crippen LogP contribution < -0.4 is 4.74 Å². The van der Waals surface area contributed by atoms with Gasteiger partial charge in [0.05, 0.1) is 21.1 Å². The highest BCUT2D eigenvalue weighted by molar-refractivity contribution is 7.12.